The molecule has 1 atom stereocenters. The van der Waals surface area contributed by atoms with Crippen LogP contribution >= 0.6 is 0 Å². The molecule has 0 spiro atoms. The third-order valence-electron chi connectivity index (χ3n) is 1.94. The molecular formula is C9H13NO4. The number of rotatable bonds is 2. The van der Waals surface area contributed by atoms with Crippen molar-refractivity contribution in [3.8, 4) is 0 Å². The lowest BCUT2D eigenvalue weighted by atomic mass is 9.97. The molecule has 5 nitrogen and oxygen atoms in total. The van der Waals surface area contributed by atoms with Crippen LogP contribution in [0.5, 0.6) is 0 Å². The lowest BCUT2D eigenvalue weighted by molar-refractivity contribution is -0.144. The summed E-state index contributed by atoms with van der Waals surface area (Å²) in [7, 11) is 0. The molecule has 1 aliphatic heterocycles. The molecule has 0 aromatic rings. The zero-order chi connectivity index (χ0) is 10.8. The topological polar surface area (TPSA) is 75.6 Å². The molecule has 0 saturated carbocycles. The molecule has 5 heteroatoms. The summed E-state index contributed by atoms with van der Waals surface area (Å²) < 4.78 is 4.69. The third kappa shape index (κ3) is 2.11. The SMILES string of the molecule is CCOC(=O)C1=CCC(C)(O)C(=O)N1. The Morgan fingerprint density at radius 2 is 2.43 bits per heavy atom. The van der Waals surface area contributed by atoms with Crippen LogP contribution in [-0.4, -0.2) is 29.2 Å². The fraction of sp³-hybridized carbons (Fsp3) is 0.556. The van der Waals surface area contributed by atoms with Gasteiger partial charge >= 0.3 is 5.97 Å². The molecule has 0 bridgehead atoms. The third-order valence-corrected chi connectivity index (χ3v) is 1.94. The van der Waals surface area contributed by atoms with Crippen molar-refractivity contribution in [3.05, 3.63) is 11.8 Å². The van der Waals surface area contributed by atoms with Crippen LogP contribution in [0.15, 0.2) is 11.8 Å². The molecular weight excluding hydrogens is 186 g/mol. The number of hydrogen-bond acceptors (Lipinski definition) is 4. The molecule has 0 aliphatic carbocycles. The highest BCUT2D eigenvalue weighted by Gasteiger charge is 2.34. The molecule has 1 amide bonds. The minimum Gasteiger partial charge on any atom is -0.461 e. The molecule has 0 saturated heterocycles. The minimum atomic E-state index is -1.43. The van der Waals surface area contributed by atoms with E-state index in [0.29, 0.717) is 0 Å². The first-order valence-corrected chi connectivity index (χ1v) is 4.38. The van der Waals surface area contributed by atoms with Gasteiger partial charge in [-0.15, -0.1) is 0 Å². The molecule has 1 unspecified atom stereocenters. The first-order chi connectivity index (χ1) is 6.47. The van der Waals surface area contributed by atoms with Crippen LogP contribution in [-0.2, 0) is 14.3 Å². The molecule has 0 aromatic carbocycles. The molecule has 0 fully saturated rings. The Kier molecular flexibility index (Phi) is 2.90. The van der Waals surface area contributed by atoms with E-state index in [0.717, 1.165) is 0 Å². The summed E-state index contributed by atoms with van der Waals surface area (Å²) in [5.41, 5.74) is -1.33. The van der Waals surface area contributed by atoms with Gasteiger partial charge in [-0.3, -0.25) is 4.79 Å². The summed E-state index contributed by atoms with van der Waals surface area (Å²) >= 11 is 0. The average molecular weight is 199 g/mol. The fourth-order valence-electron chi connectivity index (χ4n) is 1.04. The summed E-state index contributed by atoms with van der Waals surface area (Å²) in [5, 5.41) is 11.8. The second kappa shape index (κ2) is 3.79. The Balaban J connectivity index is 2.72. The van der Waals surface area contributed by atoms with Crippen molar-refractivity contribution in [3.63, 3.8) is 0 Å². The van der Waals surface area contributed by atoms with E-state index >= 15 is 0 Å². The second-order valence-corrected chi connectivity index (χ2v) is 3.27. The number of carbonyl (C=O) groups excluding carboxylic acids is 2. The van der Waals surface area contributed by atoms with Crippen molar-refractivity contribution >= 4 is 11.9 Å². The van der Waals surface area contributed by atoms with E-state index < -0.39 is 17.5 Å². The van der Waals surface area contributed by atoms with Gasteiger partial charge in [-0.2, -0.15) is 0 Å². The lowest BCUT2D eigenvalue weighted by Gasteiger charge is -2.25. The van der Waals surface area contributed by atoms with Crippen molar-refractivity contribution in [2.24, 2.45) is 0 Å². The number of esters is 1. The van der Waals surface area contributed by atoms with Crippen molar-refractivity contribution in [1.82, 2.24) is 5.32 Å². The van der Waals surface area contributed by atoms with E-state index in [2.05, 4.69) is 5.32 Å². The van der Waals surface area contributed by atoms with Crippen LogP contribution in [0, 0.1) is 0 Å². The Hall–Kier alpha value is -1.36. The zero-order valence-corrected chi connectivity index (χ0v) is 8.16. The average Bonchev–Trinajstić information content (AvgIpc) is 2.10. The number of carbonyl (C=O) groups is 2. The van der Waals surface area contributed by atoms with Gasteiger partial charge in [0, 0.05) is 6.42 Å². The van der Waals surface area contributed by atoms with Gasteiger partial charge in [0.15, 0.2) is 0 Å². The van der Waals surface area contributed by atoms with Crippen molar-refractivity contribution < 1.29 is 19.4 Å². The molecule has 2 N–H and O–H groups in total. The molecule has 1 aliphatic rings. The van der Waals surface area contributed by atoms with E-state index in [1.165, 1.54) is 13.0 Å². The van der Waals surface area contributed by atoms with E-state index in [1.807, 2.05) is 0 Å². The molecule has 78 valence electrons. The summed E-state index contributed by atoms with van der Waals surface area (Å²) in [5.74, 6) is -1.15. The number of hydrogen-bond donors (Lipinski definition) is 2. The Bertz CT molecular complexity index is 293. The highest BCUT2D eigenvalue weighted by Crippen LogP contribution is 2.17. The van der Waals surface area contributed by atoms with Crippen molar-refractivity contribution in [2.45, 2.75) is 25.9 Å². The van der Waals surface area contributed by atoms with Crippen LogP contribution < -0.4 is 5.32 Å². The monoisotopic (exact) mass is 199 g/mol. The Morgan fingerprint density at radius 1 is 1.79 bits per heavy atom. The van der Waals surface area contributed by atoms with Crippen LogP contribution in [0.1, 0.15) is 20.3 Å². The predicted molar refractivity (Wildman–Crippen MR) is 48.1 cm³/mol. The molecule has 0 aromatic heterocycles. The zero-order valence-electron chi connectivity index (χ0n) is 8.16. The van der Waals surface area contributed by atoms with E-state index in [1.54, 1.807) is 6.92 Å². The van der Waals surface area contributed by atoms with Crippen molar-refractivity contribution in [2.75, 3.05) is 6.61 Å². The summed E-state index contributed by atoms with van der Waals surface area (Å²) in [4.78, 5) is 22.4. The number of aliphatic hydroxyl groups is 1. The Labute approximate surface area is 81.7 Å². The van der Waals surface area contributed by atoms with Gasteiger partial charge in [0.05, 0.1) is 6.61 Å². The van der Waals surface area contributed by atoms with Crippen LogP contribution in [0.4, 0.5) is 0 Å². The quantitative estimate of drug-likeness (QED) is 0.599. The van der Waals surface area contributed by atoms with Crippen molar-refractivity contribution in [1.29, 1.82) is 0 Å². The van der Waals surface area contributed by atoms with Crippen LogP contribution in [0.3, 0.4) is 0 Å². The van der Waals surface area contributed by atoms with Crippen LogP contribution in [0.2, 0.25) is 0 Å². The second-order valence-electron chi connectivity index (χ2n) is 3.27. The smallest absolute Gasteiger partial charge is 0.354 e. The normalized spacial score (nSPS) is 26.5. The number of amides is 1. The summed E-state index contributed by atoms with van der Waals surface area (Å²) in [6.07, 6.45) is 1.58. The standard InChI is InChI=1S/C9H13NO4/c1-3-14-7(11)6-4-5-9(2,13)8(12)10-6/h4,13H,3,5H2,1-2H3,(H,10,12). The highest BCUT2D eigenvalue weighted by molar-refractivity contribution is 5.98. The van der Waals surface area contributed by atoms with Crippen LogP contribution in [0.25, 0.3) is 0 Å². The lowest BCUT2D eigenvalue weighted by Crippen LogP contribution is -2.48. The maximum Gasteiger partial charge on any atom is 0.354 e. The highest BCUT2D eigenvalue weighted by atomic mass is 16.5. The number of ether oxygens (including phenoxy) is 1. The van der Waals surface area contributed by atoms with E-state index in [9.17, 15) is 14.7 Å². The summed E-state index contributed by atoms with van der Waals surface area (Å²) in [6.45, 7) is 3.32. The summed E-state index contributed by atoms with van der Waals surface area (Å²) in [6, 6.07) is 0. The van der Waals surface area contributed by atoms with E-state index in [-0.39, 0.29) is 18.7 Å². The number of nitrogens with one attached hydrogen (secondary N) is 1. The fourth-order valence-corrected chi connectivity index (χ4v) is 1.04. The molecule has 14 heavy (non-hydrogen) atoms. The Morgan fingerprint density at radius 3 is 2.93 bits per heavy atom. The van der Waals surface area contributed by atoms with Gasteiger partial charge in [-0.1, -0.05) is 0 Å². The largest absolute Gasteiger partial charge is 0.461 e. The van der Waals surface area contributed by atoms with E-state index in [4.69, 9.17) is 4.74 Å². The molecule has 1 rings (SSSR count). The predicted octanol–water partition coefficient (Wildman–Crippen LogP) is -0.296. The van der Waals surface area contributed by atoms with Gasteiger partial charge in [-0.05, 0) is 19.9 Å². The van der Waals surface area contributed by atoms with Gasteiger partial charge in [-0.25, -0.2) is 4.79 Å². The molecule has 0 radical (unpaired) electrons. The first kappa shape index (κ1) is 10.7. The van der Waals surface area contributed by atoms with Gasteiger partial charge < -0.3 is 15.2 Å². The minimum absolute atomic E-state index is 0.100. The first-order valence-electron chi connectivity index (χ1n) is 4.38. The maximum absolute atomic E-state index is 11.2. The molecule has 1 heterocycles. The van der Waals surface area contributed by atoms with Gasteiger partial charge in [0.2, 0.25) is 0 Å². The van der Waals surface area contributed by atoms with Gasteiger partial charge in [0.25, 0.3) is 5.91 Å². The maximum atomic E-state index is 11.2. The van der Waals surface area contributed by atoms with Gasteiger partial charge in [0.1, 0.15) is 11.3 Å².